The van der Waals surface area contributed by atoms with Crippen molar-refractivity contribution in [3.05, 3.63) is 76.3 Å². The highest BCUT2D eigenvalue weighted by molar-refractivity contribution is 7.13. The van der Waals surface area contributed by atoms with Crippen molar-refractivity contribution in [1.82, 2.24) is 24.4 Å². The number of benzene rings is 1. The molecule has 0 radical (unpaired) electrons. The lowest BCUT2D eigenvalue weighted by Crippen LogP contribution is -2.41. The molecule has 11 heteroatoms. The normalized spacial score (nSPS) is 24.6. The molecule has 45 heavy (non-hydrogen) atoms. The number of nitrogens with zero attached hydrogens (tertiary/aromatic N) is 5. The molecule has 7 rings (SSSR count). The van der Waals surface area contributed by atoms with Crippen LogP contribution in [0.5, 0.6) is 0 Å². The molecule has 4 atom stereocenters. The van der Waals surface area contributed by atoms with E-state index >= 15 is 0 Å². The minimum absolute atomic E-state index is 0.0579. The lowest BCUT2D eigenvalue weighted by atomic mass is 9.91. The first kappa shape index (κ1) is 30.3. The van der Waals surface area contributed by atoms with E-state index in [9.17, 15) is 4.79 Å². The van der Waals surface area contributed by atoms with Gasteiger partial charge in [0.05, 0.1) is 17.8 Å². The summed E-state index contributed by atoms with van der Waals surface area (Å²) in [4.78, 5) is 28.9. The zero-order chi connectivity index (χ0) is 31.5. The zero-order valence-corrected chi connectivity index (χ0v) is 27.8. The fraction of sp³-hybridized carbons (Fsp3) is 0.471. The molecule has 2 fully saturated rings. The van der Waals surface area contributed by atoms with Gasteiger partial charge in [0.1, 0.15) is 22.4 Å². The number of rotatable bonds is 5. The molecule has 4 aromatic rings. The molecule has 1 aromatic carbocycles. The van der Waals surface area contributed by atoms with Crippen molar-refractivity contribution in [3.63, 3.8) is 0 Å². The van der Waals surface area contributed by atoms with Crippen LogP contribution < -0.4 is 0 Å². The highest BCUT2D eigenvalue weighted by Crippen LogP contribution is 2.51. The molecule has 3 aromatic heterocycles. The molecule has 2 aliphatic heterocycles. The summed E-state index contributed by atoms with van der Waals surface area (Å²) in [6.45, 7) is 10.7. The lowest BCUT2D eigenvalue weighted by molar-refractivity contribution is -0.158. The Labute approximate surface area is 272 Å². The average Bonchev–Trinajstić information content (AvgIpc) is 3.74. The molecule has 0 bridgehead atoms. The Morgan fingerprint density at radius 2 is 1.93 bits per heavy atom. The van der Waals surface area contributed by atoms with Crippen molar-refractivity contribution in [1.29, 1.82) is 0 Å². The molecular formula is C34H38ClN5O4S. The molecule has 1 saturated carbocycles. The van der Waals surface area contributed by atoms with E-state index in [1.165, 1.54) is 11.1 Å². The zero-order valence-electron chi connectivity index (χ0n) is 26.2. The van der Waals surface area contributed by atoms with Crippen LogP contribution in [0.25, 0.3) is 21.6 Å². The molecule has 1 saturated heterocycles. The Kier molecular flexibility index (Phi) is 7.75. The third-order valence-corrected chi connectivity index (χ3v) is 9.76. The number of carbonyl (C=O) groups is 1. The number of halogens is 1. The van der Waals surface area contributed by atoms with Crippen molar-refractivity contribution in [2.75, 3.05) is 13.1 Å². The van der Waals surface area contributed by atoms with E-state index in [-0.39, 0.29) is 35.5 Å². The smallest absolute Gasteiger partial charge is 0.410 e. The van der Waals surface area contributed by atoms with Gasteiger partial charge in [0, 0.05) is 54.2 Å². The maximum atomic E-state index is 13.0. The van der Waals surface area contributed by atoms with Crippen LogP contribution in [0.15, 0.2) is 59.8 Å². The fourth-order valence-corrected chi connectivity index (χ4v) is 7.83. The summed E-state index contributed by atoms with van der Waals surface area (Å²) in [5.41, 5.74) is 4.59. The molecule has 9 nitrogen and oxygen atoms in total. The number of amides is 1. The summed E-state index contributed by atoms with van der Waals surface area (Å²) in [5.74, 6) is -0.686. The van der Waals surface area contributed by atoms with Crippen LogP contribution in [0.4, 0.5) is 4.79 Å². The van der Waals surface area contributed by atoms with E-state index in [1.807, 2.05) is 52.8 Å². The Hall–Kier alpha value is -3.31. The summed E-state index contributed by atoms with van der Waals surface area (Å²) in [6, 6.07) is 10.3. The van der Waals surface area contributed by atoms with Crippen molar-refractivity contribution in [2.24, 2.45) is 5.92 Å². The Bertz CT molecular complexity index is 1760. The van der Waals surface area contributed by atoms with Gasteiger partial charge in [0.2, 0.25) is 5.28 Å². The van der Waals surface area contributed by atoms with Gasteiger partial charge < -0.3 is 23.7 Å². The number of fused-ring (bicyclic) bond motifs is 2. The van der Waals surface area contributed by atoms with E-state index in [4.69, 9.17) is 35.8 Å². The maximum Gasteiger partial charge on any atom is 0.410 e. The standard InChI is InChI=1S/C34H38ClN5O4S/c1-33(2,3)44-32(41)39-13-9-12-21(17-39)23-15-26(28-27(23)42-34(4,5)43-28)40-18-25(24-16-36-31(35)38-29(24)40)30-37-22(19-45-30)14-20-10-7-6-8-11-20/h6-8,10-12,16,18-19,23,26-28H,9,13-15,17H2,1-5H3/t23-,26-,27-,28+/m1/s1. The van der Waals surface area contributed by atoms with Crippen molar-refractivity contribution < 1.29 is 19.0 Å². The van der Waals surface area contributed by atoms with Crippen LogP contribution in [0.1, 0.15) is 64.8 Å². The second-order valence-electron chi connectivity index (χ2n) is 13.6. The predicted octanol–water partition coefficient (Wildman–Crippen LogP) is 7.45. The number of thiazole rings is 1. The van der Waals surface area contributed by atoms with E-state index in [0.29, 0.717) is 13.1 Å². The summed E-state index contributed by atoms with van der Waals surface area (Å²) in [5, 5.41) is 4.11. The van der Waals surface area contributed by atoms with E-state index in [0.717, 1.165) is 46.6 Å². The van der Waals surface area contributed by atoms with Crippen molar-refractivity contribution >= 4 is 40.1 Å². The van der Waals surface area contributed by atoms with E-state index < -0.39 is 11.4 Å². The Morgan fingerprint density at radius 3 is 2.71 bits per heavy atom. The van der Waals surface area contributed by atoms with Gasteiger partial charge in [-0.3, -0.25) is 0 Å². The average molecular weight is 648 g/mol. The summed E-state index contributed by atoms with van der Waals surface area (Å²) >= 11 is 8.00. The fourth-order valence-electron chi connectivity index (χ4n) is 6.86. The lowest BCUT2D eigenvalue weighted by Gasteiger charge is -2.33. The molecule has 5 heterocycles. The van der Waals surface area contributed by atoms with Gasteiger partial charge in [-0.15, -0.1) is 11.3 Å². The summed E-state index contributed by atoms with van der Waals surface area (Å²) in [6.07, 6.45) is 7.80. The number of carbonyl (C=O) groups excluding carboxylic acids is 1. The topological polar surface area (TPSA) is 91.6 Å². The van der Waals surface area contributed by atoms with Crippen LogP contribution in [-0.4, -0.2) is 67.2 Å². The molecule has 1 aliphatic carbocycles. The molecule has 0 unspecified atom stereocenters. The van der Waals surface area contributed by atoms with Gasteiger partial charge in [-0.05, 0) is 70.2 Å². The second-order valence-corrected chi connectivity index (χ2v) is 14.8. The second kappa shape index (κ2) is 11.5. The van der Waals surface area contributed by atoms with E-state index in [1.54, 1.807) is 22.4 Å². The maximum absolute atomic E-state index is 13.0. The van der Waals surface area contributed by atoms with Crippen LogP contribution in [0.2, 0.25) is 5.28 Å². The van der Waals surface area contributed by atoms with Gasteiger partial charge in [-0.2, -0.15) is 4.98 Å². The van der Waals surface area contributed by atoms with Crippen LogP contribution in [0.3, 0.4) is 0 Å². The van der Waals surface area contributed by atoms with Gasteiger partial charge in [0.25, 0.3) is 0 Å². The Balaban J connectivity index is 1.22. The van der Waals surface area contributed by atoms with Crippen molar-refractivity contribution in [3.8, 4) is 10.6 Å². The van der Waals surface area contributed by atoms with Crippen molar-refractivity contribution in [2.45, 2.75) is 83.5 Å². The third kappa shape index (κ3) is 6.13. The molecule has 0 spiro atoms. The van der Waals surface area contributed by atoms with Gasteiger partial charge >= 0.3 is 6.09 Å². The van der Waals surface area contributed by atoms with Crippen LogP contribution in [0, 0.1) is 5.92 Å². The quantitative estimate of drug-likeness (QED) is 0.164. The summed E-state index contributed by atoms with van der Waals surface area (Å²) < 4.78 is 21.1. The molecule has 0 N–H and O–H groups in total. The summed E-state index contributed by atoms with van der Waals surface area (Å²) in [7, 11) is 0. The highest BCUT2D eigenvalue weighted by Gasteiger charge is 2.56. The van der Waals surface area contributed by atoms with Gasteiger partial charge in [-0.1, -0.05) is 36.4 Å². The number of hydrogen-bond acceptors (Lipinski definition) is 8. The van der Waals surface area contributed by atoms with Crippen LogP contribution in [-0.2, 0) is 20.6 Å². The SMILES string of the molecule is CC(C)(C)OC(=O)N1CCC=C([C@H]2C[C@@H](n3cc(-c4nc(Cc5ccccc5)cs4)c4cnc(Cl)nc43)[C@@H]3OC(C)(C)O[C@@H]32)C1. The predicted molar refractivity (Wildman–Crippen MR) is 174 cm³/mol. The third-order valence-electron chi connectivity index (χ3n) is 8.65. The monoisotopic (exact) mass is 647 g/mol. The Morgan fingerprint density at radius 1 is 1.16 bits per heavy atom. The largest absolute Gasteiger partial charge is 0.444 e. The van der Waals surface area contributed by atoms with Gasteiger partial charge in [0.15, 0.2) is 5.79 Å². The number of ether oxygens (including phenoxy) is 3. The minimum Gasteiger partial charge on any atom is -0.444 e. The number of hydrogen-bond donors (Lipinski definition) is 0. The van der Waals surface area contributed by atoms with Crippen LogP contribution >= 0.6 is 22.9 Å². The molecule has 236 valence electrons. The minimum atomic E-state index is -0.744. The molecule has 3 aliphatic rings. The highest BCUT2D eigenvalue weighted by atomic mass is 35.5. The first-order chi connectivity index (χ1) is 21.4. The first-order valence-electron chi connectivity index (χ1n) is 15.5. The molecular weight excluding hydrogens is 610 g/mol. The molecule has 1 amide bonds. The van der Waals surface area contributed by atoms with Gasteiger partial charge in [-0.25, -0.2) is 14.8 Å². The first-order valence-corrected chi connectivity index (χ1v) is 16.7. The van der Waals surface area contributed by atoms with E-state index in [2.05, 4.69) is 39.3 Å². The number of aromatic nitrogens is 4.